The van der Waals surface area contributed by atoms with Crippen LogP contribution in [0.25, 0.3) is 5.69 Å². The van der Waals surface area contributed by atoms with E-state index in [1.807, 2.05) is 0 Å². The van der Waals surface area contributed by atoms with E-state index >= 15 is 0 Å². The number of nitrogens with zero attached hydrogens (tertiary/aromatic N) is 5. The molecule has 3 aromatic rings. The lowest BCUT2D eigenvalue weighted by Crippen LogP contribution is -2.03. The van der Waals surface area contributed by atoms with Crippen LogP contribution in [0.4, 0.5) is 0 Å². The quantitative estimate of drug-likeness (QED) is 0.752. The number of carboxylic acids is 1. The summed E-state index contributed by atoms with van der Waals surface area (Å²) in [6.07, 6.45) is 1.86. The van der Waals surface area contributed by atoms with Gasteiger partial charge in [-0.15, -0.1) is 10.2 Å². The second-order valence-electron chi connectivity index (χ2n) is 4.23. The van der Waals surface area contributed by atoms with Crippen LogP contribution in [0.2, 0.25) is 5.02 Å². The Bertz CT molecular complexity index is 766. The fraction of sp³-hybridized carbons (Fsp3) is 0.0833. The predicted molar refractivity (Wildman–Crippen MR) is 72.5 cm³/mol. The number of H-pyrrole nitrogens is 1. The summed E-state index contributed by atoms with van der Waals surface area (Å²) < 4.78 is 1.48. The molecule has 1 aromatic carbocycles. The third kappa shape index (κ3) is 2.75. The molecule has 8 nitrogen and oxygen atoms in total. The Morgan fingerprint density at radius 1 is 1.33 bits per heavy atom. The van der Waals surface area contributed by atoms with Gasteiger partial charge in [0, 0.05) is 23.2 Å². The Morgan fingerprint density at radius 2 is 2.10 bits per heavy atom. The van der Waals surface area contributed by atoms with Crippen molar-refractivity contribution in [1.82, 2.24) is 30.4 Å². The molecule has 21 heavy (non-hydrogen) atoms. The SMILES string of the molecule is O=C(O)c1nn(-c2ccc(Cl)cc2)cc1Cc1nn[nH]n1. The van der Waals surface area contributed by atoms with Gasteiger partial charge < -0.3 is 5.11 Å². The maximum Gasteiger partial charge on any atom is 0.356 e. The van der Waals surface area contributed by atoms with Gasteiger partial charge in [-0.05, 0) is 24.3 Å². The van der Waals surface area contributed by atoms with Crippen molar-refractivity contribution in [3.8, 4) is 5.69 Å². The van der Waals surface area contributed by atoms with Gasteiger partial charge in [-0.2, -0.15) is 10.3 Å². The average Bonchev–Trinajstić information content (AvgIpc) is 3.10. The molecule has 0 spiro atoms. The van der Waals surface area contributed by atoms with E-state index in [0.717, 1.165) is 0 Å². The van der Waals surface area contributed by atoms with Gasteiger partial charge in [0.15, 0.2) is 11.5 Å². The smallest absolute Gasteiger partial charge is 0.356 e. The van der Waals surface area contributed by atoms with Crippen molar-refractivity contribution < 1.29 is 9.90 Å². The van der Waals surface area contributed by atoms with E-state index in [1.165, 1.54) is 4.68 Å². The van der Waals surface area contributed by atoms with Crippen molar-refractivity contribution in [3.05, 3.63) is 52.6 Å². The molecule has 106 valence electrons. The Balaban J connectivity index is 1.99. The monoisotopic (exact) mass is 304 g/mol. The Morgan fingerprint density at radius 3 is 2.71 bits per heavy atom. The Labute approximate surface area is 123 Å². The number of aromatic nitrogens is 6. The van der Waals surface area contributed by atoms with Crippen LogP contribution in [-0.2, 0) is 6.42 Å². The van der Waals surface area contributed by atoms with Crippen LogP contribution in [-0.4, -0.2) is 41.5 Å². The second-order valence-corrected chi connectivity index (χ2v) is 4.67. The standard InChI is InChI=1S/C12H9ClN6O2/c13-8-1-3-9(4-2-8)19-6-7(11(16-19)12(20)21)5-10-14-17-18-15-10/h1-4,6H,5H2,(H,20,21)(H,14,15,17,18). The van der Waals surface area contributed by atoms with E-state index in [0.29, 0.717) is 22.1 Å². The molecule has 2 aromatic heterocycles. The summed E-state index contributed by atoms with van der Waals surface area (Å²) in [5.41, 5.74) is 1.16. The summed E-state index contributed by atoms with van der Waals surface area (Å²) in [4.78, 5) is 11.3. The first kappa shape index (κ1) is 13.3. The average molecular weight is 305 g/mol. The summed E-state index contributed by atoms with van der Waals surface area (Å²) in [5, 5.41) is 27.3. The number of carboxylic acid groups (broad SMARTS) is 1. The Kier molecular flexibility index (Phi) is 3.36. The molecular weight excluding hydrogens is 296 g/mol. The molecule has 0 fully saturated rings. The number of nitrogens with one attached hydrogen (secondary N) is 1. The number of halogens is 1. The molecule has 0 radical (unpaired) electrons. The number of hydrogen-bond donors (Lipinski definition) is 2. The Hall–Kier alpha value is -2.74. The van der Waals surface area contributed by atoms with E-state index in [2.05, 4.69) is 25.7 Å². The number of carbonyl (C=O) groups is 1. The van der Waals surface area contributed by atoms with Gasteiger partial charge in [0.05, 0.1) is 5.69 Å². The van der Waals surface area contributed by atoms with Crippen molar-refractivity contribution in [3.63, 3.8) is 0 Å². The highest BCUT2D eigenvalue weighted by Gasteiger charge is 2.18. The van der Waals surface area contributed by atoms with E-state index in [4.69, 9.17) is 11.6 Å². The lowest BCUT2D eigenvalue weighted by molar-refractivity contribution is 0.0689. The molecule has 0 amide bonds. The summed E-state index contributed by atoms with van der Waals surface area (Å²) in [7, 11) is 0. The lowest BCUT2D eigenvalue weighted by Gasteiger charge is -2.00. The third-order valence-corrected chi connectivity index (χ3v) is 3.07. The first-order valence-electron chi connectivity index (χ1n) is 5.93. The normalized spacial score (nSPS) is 10.7. The van der Waals surface area contributed by atoms with E-state index in [-0.39, 0.29) is 12.1 Å². The van der Waals surface area contributed by atoms with Crippen molar-refractivity contribution in [2.24, 2.45) is 0 Å². The van der Waals surface area contributed by atoms with Crippen LogP contribution in [0.1, 0.15) is 21.9 Å². The molecule has 0 bridgehead atoms. The van der Waals surface area contributed by atoms with E-state index in [9.17, 15) is 9.90 Å². The van der Waals surface area contributed by atoms with Crippen molar-refractivity contribution in [2.75, 3.05) is 0 Å². The molecule has 3 rings (SSSR count). The highest BCUT2D eigenvalue weighted by atomic mass is 35.5. The molecule has 0 aliphatic rings. The fourth-order valence-corrected chi connectivity index (χ4v) is 2.00. The zero-order valence-corrected chi connectivity index (χ0v) is 11.3. The van der Waals surface area contributed by atoms with Gasteiger partial charge in [0.25, 0.3) is 0 Å². The van der Waals surface area contributed by atoms with Gasteiger partial charge in [0.2, 0.25) is 0 Å². The third-order valence-electron chi connectivity index (χ3n) is 2.82. The fourth-order valence-electron chi connectivity index (χ4n) is 1.87. The number of tetrazole rings is 1. The van der Waals surface area contributed by atoms with Crippen LogP contribution in [0.3, 0.4) is 0 Å². The summed E-state index contributed by atoms with van der Waals surface area (Å²) in [6, 6.07) is 6.91. The lowest BCUT2D eigenvalue weighted by atomic mass is 10.2. The molecule has 0 unspecified atom stereocenters. The molecule has 0 aliphatic carbocycles. The van der Waals surface area contributed by atoms with Crippen LogP contribution in [0.15, 0.2) is 30.5 Å². The molecular formula is C12H9ClN6O2. The predicted octanol–water partition coefficient (Wildman–Crippen LogP) is 1.33. The number of hydrogen-bond acceptors (Lipinski definition) is 5. The van der Waals surface area contributed by atoms with E-state index < -0.39 is 5.97 Å². The number of aromatic amines is 1. The topological polar surface area (TPSA) is 110 Å². The van der Waals surface area contributed by atoms with Crippen molar-refractivity contribution in [1.29, 1.82) is 0 Å². The second kappa shape index (κ2) is 5.33. The number of rotatable bonds is 4. The highest BCUT2D eigenvalue weighted by Crippen LogP contribution is 2.17. The first-order valence-corrected chi connectivity index (χ1v) is 6.31. The molecule has 0 atom stereocenters. The van der Waals surface area contributed by atoms with Crippen LogP contribution >= 0.6 is 11.6 Å². The molecule has 0 saturated carbocycles. The highest BCUT2D eigenvalue weighted by molar-refractivity contribution is 6.30. The van der Waals surface area contributed by atoms with Gasteiger partial charge >= 0.3 is 5.97 Å². The first-order chi connectivity index (χ1) is 10.1. The van der Waals surface area contributed by atoms with Crippen LogP contribution in [0.5, 0.6) is 0 Å². The van der Waals surface area contributed by atoms with Gasteiger partial charge in [-0.3, -0.25) is 0 Å². The summed E-state index contributed by atoms with van der Waals surface area (Å²) in [5.74, 6) is -0.714. The summed E-state index contributed by atoms with van der Waals surface area (Å²) >= 11 is 5.83. The molecule has 9 heteroatoms. The van der Waals surface area contributed by atoms with Crippen molar-refractivity contribution >= 4 is 17.6 Å². The van der Waals surface area contributed by atoms with Crippen LogP contribution in [0, 0.1) is 0 Å². The number of benzene rings is 1. The minimum Gasteiger partial charge on any atom is -0.476 e. The molecule has 2 N–H and O–H groups in total. The molecule has 0 saturated heterocycles. The molecule has 2 heterocycles. The zero-order chi connectivity index (χ0) is 14.8. The summed E-state index contributed by atoms with van der Waals surface area (Å²) in [6.45, 7) is 0. The largest absolute Gasteiger partial charge is 0.476 e. The van der Waals surface area contributed by atoms with Crippen molar-refractivity contribution in [2.45, 2.75) is 6.42 Å². The minimum atomic E-state index is -1.11. The minimum absolute atomic E-state index is 0.0465. The number of aromatic carboxylic acids is 1. The zero-order valence-electron chi connectivity index (χ0n) is 10.6. The van der Waals surface area contributed by atoms with E-state index in [1.54, 1.807) is 30.5 Å². The van der Waals surface area contributed by atoms with Gasteiger partial charge in [0.1, 0.15) is 0 Å². The van der Waals surface area contributed by atoms with Gasteiger partial charge in [-0.25, -0.2) is 9.48 Å². The maximum atomic E-state index is 11.3. The van der Waals surface area contributed by atoms with Crippen LogP contribution < -0.4 is 0 Å². The van der Waals surface area contributed by atoms with Gasteiger partial charge in [-0.1, -0.05) is 16.8 Å². The maximum absolute atomic E-state index is 11.3. The molecule has 0 aliphatic heterocycles.